The molecule has 3 rings (SSSR count). The molecule has 2 nitrogen and oxygen atoms in total. The molecule has 0 bridgehead atoms. The summed E-state index contributed by atoms with van der Waals surface area (Å²) >= 11 is 1.91. The summed E-state index contributed by atoms with van der Waals surface area (Å²) in [6.45, 7) is 2.89. The van der Waals surface area contributed by atoms with Gasteiger partial charge in [0.25, 0.3) is 0 Å². The van der Waals surface area contributed by atoms with Crippen LogP contribution in [0.15, 0.2) is 60.7 Å². The molecule has 21 heavy (non-hydrogen) atoms. The Balaban J connectivity index is 1.52. The maximum Gasteiger partial charge on any atom is 0.126 e. The molecule has 0 amide bonds. The fourth-order valence-corrected chi connectivity index (χ4v) is 3.69. The van der Waals surface area contributed by atoms with Crippen molar-refractivity contribution in [3.8, 4) is 0 Å². The lowest BCUT2D eigenvalue weighted by atomic mass is 10.1. The van der Waals surface area contributed by atoms with Crippen LogP contribution in [0.2, 0.25) is 0 Å². The van der Waals surface area contributed by atoms with Gasteiger partial charge in [0.15, 0.2) is 0 Å². The Morgan fingerprint density at radius 3 is 2.48 bits per heavy atom. The number of ether oxygens (including phenoxy) is 1. The average molecular weight is 299 g/mol. The Morgan fingerprint density at radius 1 is 1.10 bits per heavy atom. The van der Waals surface area contributed by atoms with Crippen molar-refractivity contribution in [1.82, 2.24) is 5.32 Å². The molecule has 1 aliphatic heterocycles. The molecule has 1 N–H and O–H groups in total. The molecule has 2 unspecified atom stereocenters. The Labute approximate surface area is 130 Å². The van der Waals surface area contributed by atoms with Crippen molar-refractivity contribution >= 4 is 11.8 Å². The Hall–Kier alpha value is -1.29. The van der Waals surface area contributed by atoms with Crippen LogP contribution in [0.5, 0.6) is 0 Å². The third-order valence-electron chi connectivity index (χ3n) is 3.74. The van der Waals surface area contributed by atoms with Gasteiger partial charge in [-0.15, -0.1) is 0 Å². The van der Waals surface area contributed by atoms with Gasteiger partial charge in [-0.3, -0.25) is 5.32 Å². The summed E-state index contributed by atoms with van der Waals surface area (Å²) < 4.78 is 6.01. The van der Waals surface area contributed by atoms with Gasteiger partial charge in [0, 0.05) is 11.5 Å². The SMILES string of the molecule is CC1(CSCc2ccccc2)NC(c2ccccc2)CO1. The summed E-state index contributed by atoms with van der Waals surface area (Å²) in [7, 11) is 0. The van der Waals surface area contributed by atoms with E-state index < -0.39 is 0 Å². The normalized spacial score (nSPS) is 25.1. The summed E-state index contributed by atoms with van der Waals surface area (Å²) in [5.74, 6) is 1.97. The zero-order valence-electron chi connectivity index (χ0n) is 12.3. The molecule has 2 atom stereocenters. The Kier molecular flexibility index (Phi) is 4.63. The van der Waals surface area contributed by atoms with Crippen LogP contribution >= 0.6 is 11.8 Å². The van der Waals surface area contributed by atoms with E-state index in [1.54, 1.807) is 0 Å². The molecule has 110 valence electrons. The maximum atomic E-state index is 6.01. The van der Waals surface area contributed by atoms with Crippen LogP contribution in [0, 0.1) is 0 Å². The maximum absolute atomic E-state index is 6.01. The third kappa shape index (κ3) is 3.88. The topological polar surface area (TPSA) is 21.3 Å². The summed E-state index contributed by atoms with van der Waals surface area (Å²) in [6.07, 6.45) is 0. The van der Waals surface area contributed by atoms with Crippen molar-refractivity contribution in [1.29, 1.82) is 0 Å². The molecule has 1 fully saturated rings. The highest BCUT2D eigenvalue weighted by atomic mass is 32.2. The molecule has 3 heteroatoms. The van der Waals surface area contributed by atoms with Gasteiger partial charge in [-0.1, -0.05) is 60.7 Å². The lowest BCUT2D eigenvalue weighted by Gasteiger charge is -2.24. The Morgan fingerprint density at radius 2 is 1.76 bits per heavy atom. The molecule has 0 saturated carbocycles. The van der Waals surface area contributed by atoms with Crippen LogP contribution in [0.25, 0.3) is 0 Å². The van der Waals surface area contributed by atoms with E-state index in [1.807, 2.05) is 17.8 Å². The van der Waals surface area contributed by atoms with E-state index in [9.17, 15) is 0 Å². The number of rotatable bonds is 5. The first-order valence-corrected chi connectivity index (χ1v) is 8.49. The van der Waals surface area contributed by atoms with E-state index in [4.69, 9.17) is 4.74 Å². The fraction of sp³-hybridized carbons (Fsp3) is 0.333. The van der Waals surface area contributed by atoms with E-state index in [0.717, 1.165) is 18.1 Å². The van der Waals surface area contributed by atoms with Gasteiger partial charge in [-0.05, 0) is 18.1 Å². The predicted molar refractivity (Wildman–Crippen MR) is 89.3 cm³/mol. The minimum Gasteiger partial charge on any atom is -0.358 e. The first-order chi connectivity index (χ1) is 10.3. The largest absolute Gasteiger partial charge is 0.358 e. The zero-order chi connectivity index (χ0) is 14.5. The molecule has 2 aromatic carbocycles. The van der Waals surface area contributed by atoms with Gasteiger partial charge >= 0.3 is 0 Å². The second-order valence-corrected chi connectivity index (χ2v) is 6.61. The van der Waals surface area contributed by atoms with Gasteiger partial charge in [0.2, 0.25) is 0 Å². The highest BCUT2D eigenvalue weighted by Crippen LogP contribution is 2.29. The molecule has 2 aromatic rings. The van der Waals surface area contributed by atoms with Crippen molar-refractivity contribution in [3.63, 3.8) is 0 Å². The molecule has 0 aliphatic carbocycles. The monoisotopic (exact) mass is 299 g/mol. The summed E-state index contributed by atoms with van der Waals surface area (Å²) in [6, 6.07) is 21.4. The van der Waals surface area contributed by atoms with Crippen molar-refractivity contribution in [3.05, 3.63) is 71.8 Å². The van der Waals surface area contributed by atoms with E-state index in [1.165, 1.54) is 11.1 Å². The minimum absolute atomic E-state index is 0.236. The Bertz CT molecular complexity index is 560. The van der Waals surface area contributed by atoms with Crippen molar-refractivity contribution in [2.24, 2.45) is 0 Å². The van der Waals surface area contributed by atoms with Gasteiger partial charge < -0.3 is 4.74 Å². The number of nitrogens with one attached hydrogen (secondary N) is 1. The second-order valence-electron chi connectivity index (χ2n) is 5.63. The summed E-state index contributed by atoms with van der Waals surface area (Å²) in [4.78, 5) is 0. The predicted octanol–water partition coefficient (Wildman–Crippen LogP) is 4.00. The molecular formula is C18H21NOS. The molecular weight excluding hydrogens is 278 g/mol. The van der Waals surface area contributed by atoms with Crippen LogP contribution in [-0.4, -0.2) is 18.1 Å². The van der Waals surface area contributed by atoms with Gasteiger partial charge in [0.1, 0.15) is 5.72 Å². The third-order valence-corrected chi connectivity index (χ3v) is 5.03. The number of benzene rings is 2. The zero-order valence-corrected chi connectivity index (χ0v) is 13.1. The van der Waals surface area contributed by atoms with E-state index >= 15 is 0 Å². The van der Waals surface area contributed by atoms with Crippen LogP contribution in [0.3, 0.4) is 0 Å². The second kappa shape index (κ2) is 6.65. The number of hydrogen-bond donors (Lipinski definition) is 1. The first kappa shape index (κ1) is 14.6. The molecule has 1 saturated heterocycles. The molecule has 0 aromatic heterocycles. The highest BCUT2D eigenvalue weighted by molar-refractivity contribution is 7.98. The lowest BCUT2D eigenvalue weighted by Crippen LogP contribution is -2.41. The number of hydrogen-bond acceptors (Lipinski definition) is 3. The standard InChI is InChI=1S/C18H21NOS/c1-18(14-21-13-15-8-4-2-5-9-15)19-17(12-20-18)16-10-6-3-7-11-16/h2-11,17,19H,12-14H2,1H3. The van der Waals surface area contributed by atoms with Gasteiger partial charge in [-0.2, -0.15) is 11.8 Å². The summed E-state index contributed by atoms with van der Waals surface area (Å²) in [5, 5.41) is 3.63. The molecule has 0 spiro atoms. The minimum atomic E-state index is -0.236. The highest BCUT2D eigenvalue weighted by Gasteiger charge is 2.35. The van der Waals surface area contributed by atoms with Crippen molar-refractivity contribution in [2.75, 3.05) is 12.4 Å². The van der Waals surface area contributed by atoms with E-state index in [-0.39, 0.29) is 5.72 Å². The van der Waals surface area contributed by atoms with Crippen LogP contribution in [0.1, 0.15) is 24.1 Å². The van der Waals surface area contributed by atoms with Crippen molar-refractivity contribution in [2.45, 2.75) is 24.4 Å². The number of thioether (sulfide) groups is 1. The van der Waals surface area contributed by atoms with Crippen LogP contribution < -0.4 is 5.32 Å². The average Bonchev–Trinajstić information content (AvgIpc) is 2.92. The molecule has 1 heterocycles. The quantitative estimate of drug-likeness (QED) is 0.902. The van der Waals surface area contributed by atoms with Gasteiger partial charge in [-0.25, -0.2) is 0 Å². The summed E-state index contributed by atoms with van der Waals surface area (Å²) in [5.41, 5.74) is 2.43. The van der Waals surface area contributed by atoms with Gasteiger partial charge in [0.05, 0.1) is 12.6 Å². The first-order valence-electron chi connectivity index (χ1n) is 7.33. The van der Waals surface area contributed by atoms with Crippen molar-refractivity contribution < 1.29 is 4.74 Å². The van der Waals surface area contributed by atoms with E-state index in [0.29, 0.717) is 6.04 Å². The fourth-order valence-electron chi connectivity index (χ4n) is 2.61. The van der Waals surface area contributed by atoms with Crippen LogP contribution in [0.4, 0.5) is 0 Å². The molecule has 1 aliphatic rings. The lowest BCUT2D eigenvalue weighted by molar-refractivity contribution is 0.0274. The molecule has 0 radical (unpaired) electrons. The van der Waals surface area contributed by atoms with E-state index in [2.05, 4.69) is 66.8 Å². The smallest absolute Gasteiger partial charge is 0.126 e. The van der Waals surface area contributed by atoms with Crippen LogP contribution in [-0.2, 0) is 10.5 Å².